The van der Waals surface area contributed by atoms with Crippen molar-refractivity contribution in [3.05, 3.63) is 21.3 Å². The highest BCUT2D eigenvalue weighted by Gasteiger charge is 1.77. The van der Waals surface area contributed by atoms with Gasteiger partial charge in [-0.3, -0.25) is 0 Å². The number of rotatable bonds is 0. The van der Waals surface area contributed by atoms with Gasteiger partial charge in [0.05, 0.1) is 3.79 Å². The molecule has 0 saturated carbocycles. The van der Waals surface area contributed by atoms with Crippen LogP contribution in [-0.2, 0) is 0 Å². The van der Waals surface area contributed by atoms with Crippen LogP contribution in [0, 0.1) is 0 Å². The first-order chi connectivity index (χ1) is 2.89. The zero-order chi connectivity index (χ0) is 4.41. The van der Waals surface area contributed by atoms with Crippen LogP contribution < -0.4 is 0 Å². The third-order valence-electron chi connectivity index (χ3n) is 0.486. The Morgan fingerprint density at radius 3 is 2.43 bits per heavy atom. The first-order valence-corrected chi connectivity index (χ1v) is 3.26. The minimum Gasteiger partial charge on any atom is -0.197 e. The maximum absolute atomic E-state index is 3.30. The molecule has 0 nitrogen and oxygen atoms in total. The van der Waals surface area contributed by atoms with Crippen molar-refractivity contribution in [2.24, 2.45) is 0 Å². The molecule has 1 rings (SSSR count). The van der Waals surface area contributed by atoms with Crippen LogP contribution in [0.25, 0.3) is 0 Å². The Balaban J connectivity index is 0.000000360. The average Bonchev–Trinajstić information content (AvgIpc) is 1.86. The summed E-state index contributed by atoms with van der Waals surface area (Å²) in [5.74, 6) is 0. The highest BCUT2D eigenvalue weighted by atomic mass is 79.9. The Bertz CT molecular complexity index is 113. The lowest BCUT2D eigenvalue weighted by Crippen LogP contribution is -1.29. The largest absolute Gasteiger partial charge is 0.197 e. The van der Waals surface area contributed by atoms with Crippen LogP contribution in [0.1, 0.15) is 0 Å². The molecule has 0 amide bonds. The lowest BCUT2D eigenvalue weighted by atomic mass is 10.7. The predicted molar refractivity (Wildman–Crippen MR) is 42.4 cm³/mol. The lowest BCUT2D eigenvalue weighted by molar-refractivity contribution is 1.97. The molecule has 40 valence electrons. The molecule has 0 atom stereocenters. The summed E-state index contributed by atoms with van der Waals surface area (Å²) in [6.07, 6.45) is 0. The van der Waals surface area contributed by atoms with Gasteiger partial charge in [0.25, 0.3) is 0 Å². The minimum atomic E-state index is 0. The topological polar surface area (TPSA) is 0 Å². The van der Waals surface area contributed by atoms with Crippen LogP contribution in [0.15, 0.2) is 21.3 Å². The molecule has 0 aliphatic rings. The Morgan fingerprint density at radius 1 is 1.57 bits per heavy atom. The van der Waals surface area contributed by atoms with E-state index >= 15 is 0 Å². The van der Waals surface area contributed by atoms with E-state index in [0.29, 0.717) is 0 Å². The molecule has 0 unspecified atom stereocenters. The van der Waals surface area contributed by atoms with Crippen LogP contribution in [0.2, 0.25) is 0 Å². The van der Waals surface area contributed by atoms with Crippen molar-refractivity contribution >= 4 is 40.8 Å². The predicted octanol–water partition coefficient (Wildman–Crippen LogP) is 2.62. The zero-order valence-electron chi connectivity index (χ0n) is 3.52. The van der Waals surface area contributed by atoms with E-state index in [4.69, 9.17) is 0 Å². The number of thiophene rings is 1. The Kier molecular flexibility index (Phi) is 3.79. The van der Waals surface area contributed by atoms with Crippen LogP contribution >= 0.6 is 40.8 Å². The molecule has 0 N–H and O–H groups in total. The summed E-state index contributed by atoms with van der Waals surface area (Å²) < 4.78 is 1.20. The molecular formula is C4H5BrS2. The molecule has 0 saturated heterocycles. The van der Waals surface area contributed by atoms with Gasteiger partial charge in [-0.15, -0.1) is 11.3 Å². The standard InChI is InChI=1S/C4H3BrS.H2S/c5-4-2-1-3-6-4;/h1-3H;1H2. The van der Waals surface area contributed by atoms with Gasteiger partial charge in [0.15, 0.2) is 0 Å². The van der Waals surface area contributed by atoms with Crippen molar-refractivity contribution in [2.45, 2.75) is 0 Å². The fraction of sp³-hybridized carbons (Fsp3) is 0. The van der Waals surface area contributed by atoms with Gasteiger partial charge in [-0.25, -0.2) is 0 Å². The maximum Gasteiger partial charge on any atom is 0.0698 e. The van der Waals surface area contributed by atoms with E-state index < -0.39 is 0 Å². The van der Waals surface area contributed by atoms with Gasteiger partial charge in [0, 0.05) is 0 Å². The van der Waals surface area contributed by atoms with Crippen LogP contribution in [-0.4, -0.2) is 0 Å². The van der Waals surface area contributed by atoms with Gasteiger partial charge in [-0.2, -0.15) is 13.5 Å². The van der Waals surface area contributed by atoms with Crippen LogP contribution in [0.4, 0.5) is 0 Å². The fourth-order valence-electron chi connectivity index (χ4n) is 0.259. The maximum atomic E-state index is 3.30. The number of halogens is 1. The second-order valence-corrected chi connectivity index (χ2v) is 3.24. The van der Waals surface area contributed by atoms with Gasteiger partial charge in [-0.1, -0.05) is 6.07 Å². The summed E-state index contributed by atoms with van der Waals surface area (Å²) >= 11 is 4.99. The van der Waals surface area contributed by atoms with E-state index in [1.165, 1.54) is 3.79 Å². The first-order valence-electron chi connectivity index (χ1n) is 1.58. The quantitative estimate of drug-likeness (QED) is 0.599. The van der Waals surface area contributed by atoms with Gasteiger partial charge in [-0.05, 0) is 27.4 Å². The van der Waals surface area contributed by atoms with Crippen molar-refractivity contribution in [3.8, 4) is 0 Å². The van der Waals surface area contributed by atoms with E-state index in [9.17, 15) is 0 Å². The smallest absolute Gasteiger partial charge is 0.0698 e. The lowest BCUT2D eigenvalue weighted by Gasteiger charge is -1.62. The summed E-state index contributed by atoms with van der Waals surface area (Å²) in [6.45, 7) is 0. The number of hydrogen-bond acceptors (Lipinski definition) is 1. The molecule has 7 heavy (non-hydrogen) atoms. The Morgan fingerprint density at radius 2 is 2.29 bits per heavy atom. The van der Waals surface area contributed by atoms with E-state index in [1.54, 1.807) is 11.3 Å². The second kappa shape index (κ2) is 3.52. The molecule has 1 aromatic rings. The molecule has 1 aromatic heterocycles. The molecule has 0 aromatic carbocycles. The van der Waals surface area contributed by atoms with Gasteiger partial charge in [0.1, 0.15) is 0 Å². The van der Waals surface area contributed by atoms with E-state index in [2.05, 4.69) is 15.9 Å². The molecule has 0 spiro atoms. The normalized spacial score (nSPS) is 7.57. The molecule has 0 fully saturated rings. The van der Waals surface area contributed by atoms with Crippen molar-refractivity contribution in [1.29, 1.82) is 0 Å². The van der Waals surface area contributed by atoms with Crippen LogP contribution in [0.5, 0.6) is 0 Å². The third kappa shape index (κ3) is 2.36. The third-order valence-corrected chi connectivity index (χ3v) is 1.97. The number of hydrogen-bond donors (Lipinski definition) is 0. The summed E-state index contributed by atoms with van der Waals surface area (Å²) in [5.41, 5.74) is 0. The Labute approximate surface area is 62.1 Å². The van der Waals surface area contributed by atoms with E-state index in [0.717, 1.165) is 0 Å². The van der Waals surface area contributed by atoms with Crippen molar-refractivity contribution < 1.29 is 0 Å². The molecule has 3 heteroatoms. The van der Waals surface area contributed by atoms with E-state index in [-0.39, 0.29) is 13.5 Å². The summed E-state index contributed by atoms with van der Waals surface area (Å²) in [6, 6.07) is 4.03. The monoisotopic (exact) mass is 196 g/mol. The molecule has 1 heterocycles. The van der Waals surface area contributed by atoms with Gasteiger partial charge in [0.2, 0.25) is 0 Å². The zero-order valence-corrected chi connectivity index (χ0v) is 6.92. The summed E-state index contributed by atoms with van der Waals surface area (Å²) in [5, 5.41) is 2.03. The highest BCUT2D eigenvalue weighted by Crippen LogP contribution is 2.14. The van der Waals surface area contributed by atoms with Crippen molar-refractivity contribution in [1.82, 2.24) is 0 Å². The van der Waals surface area contributed by atoms with E-state index in [1.807, 2.05) is 17.5 Å². The van der Waals surface area contributed by atoms with Crippen LogP contribution in [0.3, 0.4) is 0 Å². The fourth-order valence-corrected chi connectivity index (χ4v) is 1.18. The highest BCUT2D eigenvalue weighted by molar-refractivity contribution is 9.11. The SMILES string of the molecule is Brc1cccs1.S. The molecule has 0 aliphatic heterocycles. The van der Waals surface area contributed by atoms with Crippen molar-refractivity contribution in [2.75, 3.05) is 0 Å². The average molecular weight is 197 g/mol. The molecular weight excluding hydrogens is 192 g/mol. The first kappa shape index (κ1) is 7.53. The Hall–Kier alpha value is 0.530. The van der Waals surface area contributed by atoms with Gasteiger partial charge >= 0.3 is 0 Å². The van der Waals surface area contributed by atoms with Crippen molar-refractivity contribution in [3.63, 3.8) is 0 Å². The summed E-state index contributed by atoms with van der Waals surface area (Å²) in [7, 11) is 0. The minimum absolute atomic E-state index is 0. The second-order valence-electron chi connectivity index (χ2n) is 0.917. The molecule has 0 bridgehead atoms. The molecule has 0 aliphatic carbocycles. The van der Waals surface area contributed by atoms with Gasteiger partial charge < -0.3 is 0 Å². The molecule has 0 radical (unpaired) electrons. The summed E-state index contributed by atoms with van der Waals surface area (Å²) in [4.78, 5) is 0.